The summed E-state index contributed by atoms with van der Waals surface area (Å²) in [4.78, 5) is 7.96. The molecule has 0 bridgehead atoms. The molecular formula is C9H9N3O. The zero-order chi connectivity index (χ0) is 9.26. The zero-order valence-corrected chi connectivity index (χ0v) is 7.19. The number of nitrogen functional groups attached to an aromatic ring is 1. The van der Waals surface area contributed by atoms with E-state index < -0.39 is 0 Å². The molecule has 4 nitrogen and oxygen atoms in total. The third-order valence-electron chi connectivity index (χ3n) is 1.81. The Hall–Kier alpha value is -1.84. The first-order valence-electron chi connectivity index (χ1n) is 3.86. The van der Waals surface area contributed by atoms with E-state index in [1.165, 1.54) is 0 Å². The summed E-state index contributed by atoms with van der Waals surface area (Å²) in [5.74, 6) is 1.05. The van der Waals surface area contributed by atoms with Gasteiger partial charge in [0.15, 0.2) is 0 Å². The average Bonchev–Trinajstić information content (AvgIpc) is 2.16. The molecule has 66 valence electrons. The van der Waals surface area contributed by atoms with Gasteiger partial charge in [0.1, 0.15) is 5.75 Å². The van der Waals surface area contributed by atoms with Crippen LogP contribution >= 0.6 is 0 Å². The molecule has 2 N–H and O–H groups in total. The fourth-order valence-electron chi connectivity index (χ4n) is 1.14. The largest absolute Gasteiger partial charge is 0.497 e. The molecule has 1 heterocycles. The molecule has 0 saturated heterocycles. The highest BCUT2D eigenvalue weighted by Crippen LogP contribution is 2.18. The maximum Gasteiger partial charge on any atom is 0.220 e. The molecule has 2 aromatic rings. The Bertz CT molecular complexity index is 442. The molecule has 0 aliphatic rings. The molecule has 1 aromatic heterocycles. The van der Waals surface area contributed by atoms with Gasteiger partial charge in [-0.25, -0.2) is 9.97 Å². The number of nitrogens with two attached hydrogens (primary N) is 1. The van der Waals surface area contributed by atoms with Crippen LogP contribution in [0.2, 0.25) is 0 Å². The number of rotatable bonds is 1. The molecule has 0 aliphatic heterocycles. The van der Waals surface area contributed by atoms with E-state index in [1.54, 1.807) is 13.3 Å². The second-order valence-electron chi connectivity index (χ2n) is 2.65. The summed E-state index contributed by atoms with van der Waals surface area (Å²) in [5, 5.41) is 0.954. The minimum absolute atomic E-state index is 0.278. The number of methoxy groups -OCH3 is 1. The summed E-state index contributed by atoms with van der Waals surface area (Å²) in [6.07, 6.45) is 1.69. The quantitative estimate of drug-likeness (QED) is 0.707. The molecule has 13 heavy (non-hydrogen) atoms. The van der Waals surface area contributed by atoms with Crippen molar-refractivity contribution in [2.45, 2.75) is 0 Å². The molecule has 1 aromatic carbocycles. The van der Waals surface area contributed by atoms with Gasteiger partial charge in [-0.05, 0) is 12.1 Å². The van der Waals surface area contributed by atoms with Gasteiger partial charge in [-0.1, -0.05) is 0 Å². The summed E-state index contributed by atoms with van der Waals surface area (Å²) in [6, 6.07) is 5.59. The number of aromatic nitrogens is 2. The van der Waals surface area contributed by atoms with Crippen molar-refractivity contribution in [2.75, 3.05) is 12.8 Å². The van der Waals surface area contributed by atoms with E-state index in [-0.39, 0.29) is 5.95 Å². The highest BCUT2D eigenvalue weighted by molar-refractivity contribution is 5.79. The van der Waals surface area contributed by atoms with Crippen LogP contribution in [0.3, 0.4) is 0 Å². The van der Waals surface area contributed by atoms with Crippen molar-refractivity contribution in [1.29, 1.82) is 0 Å². The smallest absolute Gasteiger partial charge is 0.220 e. The van der Waals surface area contributed by atoms with Crippen molar-refractivity contribution in [3.8, 4) is 5.75 Å². The number of fused-ring (bicyclic) bond motifs is 1. The summed E-state index contributed by atoms with van der Waals surface area (Å²) in [5.41, 5.74) is 6.25. The first-order valence-corrected chi connectivity index (χ1v) is 3.86. The lowest BCUT2D eigenvalue weighted by Gasteiger charge is -2.01. The number of benzene rings is 1. The summed E-state index contributed by atoms with van der Waals surface area (Å²) >= 11 is 0. The van der Waals surface area contributed by atoms with Crippen molar-refractivity contribution >= 4 is 16.9 Å². The van der Waals surface area contributed by atoms with Gasteiger partial charge in [-0.3, -0.25) is 0 Å². The van der Waals surface area contributed by atoms with E-state index in [2.05, 4.69) is 9.97 Å². The summed E-state index contributed by atoms with van der Waals surface area (Å²) < 4.78 is 5.06. The standard InChI is InChI=1S/C9H9N3O/c1-13-7-3-2-6-5-11-9(10)12-8(6)4-7/h2-5H,1H3,(H2,10,11,12). The van der Waals surface area contributed by atoms with Crippen LogP contribution in [-0.2, 0) is 0 Å². The number of hydrogen-bond donors (Lipinski definition) is 1. The van der Waals surface area contributed by atoms with Crippen molar-refractivity contribution < 1.29 is 4.74 Å². The fraction of sp³-hybridized carbons (Fsp3) is 0.111. The fourth-order valence-corrected chi connectivity index (χ4v) is 1.14. The van der Waals surface area contributed by atoms with Crippen molar-refractivity contribution in [2.24, 2.45) is 0 Å². The molecule has 0 radical (unpaired) electrons. The van der Waals surface area contributed by atoms with Crippen molar-refractivity contribution in [1.82, 2.24) is 9.97 Å². The Labute approximate surface area is 75.4 Å². The van der Waals surface area contributed by atoms with Crippen LogP contribution in [0.5, 0.6) is 5.75 Å². The summed E-state index contributed by atoms with van der Waals surface area (Å²) in [7, 11) is 1.62. The number of ether oxygens (including phenoxy) is 1. The SMILES string of the molecule is COc1ccc2cnc(N)nc2c1. The van der Waals surface area contributed by atoms with Crippen LogP contribution < -0.4 is 10.5 Å². The van der Waals surface area contributed by atoms with Crippen LogP contribution in [-0.4, -0.2) is 17.1 Å². The maximum absolute atomic E-state index is 5.45. The zero-order valence-electron chi connectivity index (χ0n) is 7.19. The van der Waals surface area contributed by atoms with E-state index in [4.69, 9.17) is 10.5 Å². The van der Waals surface area contributed by atoms with Gasteiger partial charge in [-0.15, -0.1) is 0 Å². The van der Waals surface area contributed by atoms with Gasteiger partial charge >= 0.3 is 0 Å². The molecule has 0 saturated carbocycles. The predicted octanol–water partition coefficient (Wildman–Crippen LogP) is 1.22. The van der Waals surface area contributed by atoms with E-state index in [0.29, 0.717) is 0 Å². The lowest BCUT2D eigenvalue weighted by atomic mass is 10.2. The van der Waals surface area contributed by atoms with Crippen LogP contribution in [0.25, 0.3) is 10.9 Å². The van der Waals surface area contributed by atoms with Gasteiger partial charge < -0.3 is 10.5 Å². The van der Waals surface area contributed by atoms with Gasteiger partial charge in [0, 0.05) is 17.6 Å². The lowest BCUT2D eigenvalue weighted by Crippen LogP contribution is -1.94. The maximum atomic E-state index is 5.45. The third-order valence-corrected chi connectivity index (χ3v) is 1.81. The minimum Gasteiger partial charge on any atom is -0.497 e. The first kappa shape index (κ1) is 7.79. The molecule has 0 atom stereocenters. The highest BCUT2D eigenvalue weighted by Gasteiger charge is 1.98. The molecular weight excluding hydrogens is 166 g/mol. The molecule has 4 heteroatoms. The number of nitrogens with zero attached hydrogens (tertiary/aromatic N) is 2. The number of hydrogen-bond acceptors (Lipinski definition) is 4. The van der Waals surface area contributed by atoms with Gasteiger partial charge in [0.25, 0.3) is 0 Å². The number of anilines is 1. The van der Waals surface area contributed by atoms with Crippen molar-refractivity contribution in [3.05, 3.63) is 24.4 Å². The molecule has 0 unspecified atom stereocenters. The van der Waals surface area contributed by atoms with E-state index in [0.717, 1.165) is 16.7 Å². The molecule has 0 amide bonds. The van der Waals surface area contributed by atoms with Gasteiger partial charge in [0.05, 0.1) is 12.6 Å². The van der Waals surface area contributed by atoms with Crippen LogP contribution in [0, 0.1) is 0 Å². The Kier molecular flexibility index (Phi) is 1.73. The molecule has 2 rings (SSSR count). The Morgan fingerprint density at radius 1 is 1.38 bits per heavy atom. The highest BCUT2D eigenvalue weighted by atomic mass is 16.5. The average molecular weight is 175 g/mol. The minimum atomic E-state index is 0.278. The Balaban J connectivity index is 2.68. The van der Waals surface area contributed by atoms with Crippen LogP contribution in [0.15, 0.2) is 24.4 Å². The molecule has 0 fully saturated rings. The van der Waals surface area contributed by atoms with Gasteiger partial charge in [-0.2, -0.15) is 0 Å². The predicted molar refractivity (Wildman–Crippen MR) is 50.5 cm³/mol. The third kappa shape index (κ3) is 1.38. The van der Waals surface area contributed by atoms with Crippen LogP contribution in [0.1, 0.15) is 0 Å². The summed E-state index contributed by atoms with van der Waals surface area (Å²) in [6.45, 7) is 0. The van der Waals surface area contributed by atoms with Gasteiger partial charge in [0.2, 0.25) is 5.95 Å². The van der Waals surface area contributed by atoms with Crippen LogP contribution in [0.4, 0.5) is 5.95 Å². The van der Waals surface area contributed by atoms with Crippen molar-refractivity contribution in [3.63, 3.8) is 0 Å². The lowest BCUT2D eigenvalue weighted by molar-refractivity contribution is 0.415. The molecule has 0 spiro atoms. The first-order chi connectivity index (χ1) is 6.29. The van der Waals surface area contributed by atoms with E-state index >= 15 is 0 Å². The van der Waals surface area contributed by atoms with E-state index in [1.807, 2.05) is 18.2 Å². The molecule has 0 aliphatic carbocycles. The second-order valence-corrected chi connectivity index (χ2v) is 2.65. The normalized spacial score (nSPS) is 10.2. The Morgan fingerprint density at radius 3 is 3.00 bits per heavy atom. The monoisotopic (exact) mass is 175 g/mol. The van der Waals surface area contributed by atoms with E-state index in [9.17, 15) is 0 Å². The Morgan fingerprint density at radius 2 is 2.23 bits per heavy atom. The second kappa shape index (κ2) is 2.90. The topological polar surface area (TPSA) is 61.0 Å².